The van der Waals surface area contributed by atoms with E-state index in [1.165, 1.54) is 10.8 Å². The van der Waals surface area contributed by atoms with Crippen LogP contribution in [0.25, 0.3) is 21.8 Å². The van der Waals surface area contributed by atoms with Crippen LogP contribution in [-0.2, 0) is 6.42 Å². The number of H-pyrrole nitrogens is 1. The van der Waals surface area contributed by atoms with Crippen LogP contribution in [0, 0.1) is 11.3 Å². The number of aromatic amines is 1. The van der Waals surface area contributed by atoms with Crippen molar-refractivity contribution >= 4 is 21.8 Å². The topological polar surface area (TPSA) is 39.6 Å². The van der Waals surface area contributed by atoms with Crippen LogP contribution in [0.5, 0.6) is 0 Å². The fourth-order valence-corrected chi connectivity index (χ4v) is 2.10. The fourth-order valence-electron chi connectivity index (χ4n) is 2.10. The maximum Gasteiger partial charge on any atom is 0.0669 e. The molecule has 0 aliphatic rings. The number of fused-ring (bicyclic) bond motifs is 3. The zero-order chi connectivity index (χ0) is 11.0. The molecule has 2 nitrogen and oxygen atoms in total. The van der Waals surface area contributed by atoms with Crippen LogP contribution in [-0.4, -0.2) is 4.98 Å². The molecule has 2 heteroatoms. The van der Waals surface area contributed by atoms with Crippen LogP contribution in [0.4, 0.5) is 0 Å². The maximum atomic E-state index is 8.70. The van der Waals surface area contributed by atoms with Gasteiger partial charge in [0.05, 0.1) is 12.5 Å². The van der Waals surface area contributed by atoms with Gasteiger partial charge in [-0.25, -0.2) is 0 Å². The molecule has 0 saturated heterocycles. The van der Waals surface area contributed by atoms with Gasteiger partial charge < -0.3 is 4.98 Å². The Hall–Kier alpha value is -2.27. The van der Waals surface area contributed by atoms with E-state index in [2.05, 4.69) is 29.3 Å². The molecular weight excluding hydrogens is 196 g/mol. The summed E-state index contributed by atoms with van der Waals surface area (Å²) in [5.74, 6) is 0. The fraction of sp³-hybridized carbons (Fsp3) is 0.0714. The molecule has 0 atom stereocenters. The summed E-state index contributed by atoms with van der Waals surface area (Å²) in [6, 6.07) is 16.5. The summed E-state index contributed by atoms with van der Waals surface area (Å²) in [6.07, 6.45) is 0.468. The first kappa shape index (κ1) is 8.99. The maximum absolute atomic E-state index is 8.70. The standard InChI is InChI=1S/C14H10N2/c15-8-7-10-5-6-14-12(9-10)11-3-1-2-4-13(11)16-14/h1-6,9,16H,7H2. The zero-order valence-electron chi connectivity index (χ0n) is 8.70. The highest BCUT2D eigenvalue weighted by Gasteiger charge is 2.03. The average Bonchev–Trinajstić information content (AvgIpc) is 2.68. The first-order valence-corrected chi connectivity index (χ1v) is 5.25. The van der Waals surface area contributed by atoms with E-state index in [0.29, 0.717) is 6.42 Å². The molecule has 0 spiro atoms. The molecule has 76 valence electrons. The molecular formula is C14H10N2. The van der Waals surface area contributed by atoms with Gasteiger partial charge in [0.25, 0.3) is 0 Å². The molecule has 1 heterocycles. The Bertz CT molecular complexity index is 701. The Kier molecular flexibility index (Phi) is 1.91. The number of aromatic nitrogens is 1. The SMILES string of the molecule is N#CCc1ccc2[nH]c3ccccc3c2c1. The Morgan fingerprint density at radius 2 is 1.81 bits per heavy atom. The summed E-state index contributed by atoms with van der Waals surface area (Å²) < 4.78 is 0. The van der Waals surface area contributed by atoms with E-state index in [-0.39, 0.29) is 0 Å². The second-order valence-corrected chi connectivity index (χ2v) is 3.89. The number of hydrogen-bond acceptors (Lipinski definition) is 1. The normalized spacial score (nSPS) is 10.7. The molecule has 1 N–H and O–H groups in total. The Morgan fingerprint density at radius 1 is 1.00 bits per heavy atom. The van der Waals surface area contributed by atoms with Gasteiger partial charge in [-0.05, 0) is 23.8 Å². The van der Waals surface area contributed by atoms with Crippen LogP contribution in [0.2, 0.25) is 0 Å². The molecule has 0 saturated carbocycles. The zero-order valence-corrected chi connectivity index (χ0v) is 8.70. The third-order valence-electron chi connectivity index (χ3n) is 2.85. The van der Waals surface area contributed by atoms with E-state index in [1.54, 1.807) is 0 Å². The van der Waals surface area contributed by atoms with Crippen LogP contribution >= 0.6 is 0 Å². The molecule has 0 amide bonds. The van der Waals surface area contributed by atoms with Crippen LogP contribution in [0.15, 0.2) is 42.5 Å². The monoisotopic (exact) mass is 206 g/mol. The molecule has 0 aliphatic carbocycles. The molecule has 0 bridgehead atoms. The lowest BCUT2D eigenvalue weighted by Gasteiger charge is -1.95. The van der Waals surface area contributed by atoms with Gasteiger partial charge in [-0.2, -0.15) is 5.26 Å². The van der Waals surface area contributed by atoms with Gasteiger partial charge in [0.1, 0.15) is 0 Å². The second-order valence-electron chi connectivity index (χ2n) is 3.89. The van der Waals surface area contributed by atoms with Crippen molar-refractivity contribution in [1.82, 2.24) is 4.98 Å². The molecule has 2 aromatic carbocycles. The number of nitrogens with zero attached hydrogens (tertiary/aromatic N) is 1. The Balaban J connectivity index is 2.36. The number of rotatable bonds is 1. The summed E-state index contributed by atoms with van der Waals surface area (Å²) in [5.41, 5.74) is 3.34. The lowest BCUT2D eigenvalue weighted by Crippen LogP contribution is -1.79. The van der Waals surface area contributed by atoms with Gasteiger partial charge in [0, 0.05) is 21.8 Å². The highest BCUT2D eigenvalue weighted by Crippen LogP contribution is 2.25. The molecule has 16 heavy (non-hydrogen) atoms. The van der Waals surface area contributed by atoms with Crippen molar-refractivity contribution < 1.29 is 0 Å². The van der Waals surface area contributed by atoms with Gasteiger partial charge in [-0.15, -0.1) is 0 Å². The van der Waals surface area contributed by atoms with Crippen molar-refractivity contribution in [2.75, 3.05) is 0 Å². The van der Waals surface area contributed by atoms with Crippen molar-refractivity contribution in [2.24, 2.45) is 0 Å². The highest BCUT2D eigenvalue weighted by molar-refractivity contribution is 6.07. The molecule has 0 fully saturated rings. The van der Waals surface area contributed by atoms with E-state index < -0.39 is 0 Å². The lowest BCUT2D eigenvalue weighted by molar-refractivity contribution is 1.27. The van der Waals surface area contributed by atoms with Gasteiger partial charge in [-0.3, -0.25) is 0 Å². The van der Waals surface area contributed by atoms with E-state index >= 15 is 0 Å². The minimum absolute atomic E-state index is 0.468. The summed E-state index contributed by atoms with van der Waals surface area (Å²) in [5, 5.41) is 11.1. The number of nitriles is 1. The molecule has 0 aliphatic heterocycles. The highest BCUT2D eigenvalue weighted by atomic mass is 14.7. The predicted octanol–water partition coefficient (Wildman–Crippen LogP) is 3.39. The van der Waals surface area contributed by atoms with E-state index in [0.717, 1.165) is 16.6 Å². The smallest absolute Gasteiger partial charge is 0.0669 e. The van der Waals surface area contributed by atoms with E-state index in [9.17, 15) is 0 Å². The second kappa shape index (κ2) is 3.39. The number of benzene rings is 2. The summed E-state index contributed by atoms with van der Waals surface area (Å²) >= 11 is 0. The molecule has 0 radical (unpaired) electrons. The minimum Gasteiger partial charge on any atom is -0.355 e. The molecule has 3 aromatic rings. The molecule has 0 unspecified atom stereocenters. The minimum atomic E-state index is 0.468. The lowest BCUT2D eigenvalue weighted by atomic mass is 10.1. The first-order valence-electron chi connectivity index (χ1n) is 5.25. The van der Waals surface area contributed by atoms with Crippen LogP contribution in [0.1, 0.15) is 5.56 Å². The van der Waals surface area contributed by atoms with Gasteiger partial charge in [0.2, 0.25) is 0 Å². The van der Waals surface area contributed by atoms with Crippen LogP contribution in [0.3, 0.4) is 0 Å². The first-order chi connectivity index (χ1) is 7.88. The van der Waals surface area contributed by atoms with Crippen molar-refractivity contribution in [3.8, 4) is 6.07 Å². The van der Waals surface area contributed by atoms with Gasteiger partial charge in [-0.1, -0.05) is 24.3 Å². The van der Waals surface area contributed by atoms with Crippen molar-refractivity contribution in [3.05, 3.63) is 48.0 Å². The average molecular weight is 206 g/mol. The van der Waals surface area contributed by atoms with Crippen molar-refractivity contribution in [3.63, 3.8) is 0 Å². The summed E-state index contributed by atoms with van der Waals surface area (Å²) in [4.78, 5) is 3.36. The third kappa shape index (κ3) is 1.26. The molecule has 3 rings (SSSR count). The van der Waals surface area contributed by atoms with Gasteiger partial charge in [0.15, 0.2) is 0 Å². The quantitative estimate of drug-likeness (QED) is 0.651. The largest absolute Gasteiger partial charge is 0.355 e. The van der Waals surface area contributed by atoms with Crippen molar-refractivity contribution in [2.45, 2.75) is 6.42 Å². The Morgan fingerprint density at radius 3 is 2.69 bits per heavy atom. The van der Waals surface area contributed by atoms with E-state index in [4.69, 9.17) is 5.26 Å². The van der Waals surface area contributed by atoms with E-state index in [1.807, 2.05) is 24.3 Å². The van der Waals surface area contributed by atoms with Gasteiger partial charge >= 0.3 is 0 Å². The summed E-state index contributed by atoms with van der Waals surface area (Å²) in [7, 11) is 0. The third-order valence-corrected chi connectivity index (χ3v) is 2.85. The van der Waals surface area contributed by atoms with Crippen LogP contribution < -0.4 is 0 Å². The number of para-hydroxylation sites is 1. The predicted molar refractivity (Wildman–Crippen MR) is 65.1 cm³/mol. The number of hydrogen-bond donors (Lipinski definition) is 1. The number of nitrogens with one attached hydrogen (secondary N) is 1. The Labute approximate surface area is 93.1 Å². The summed E-state index contributed by atoms with van der Waals surface area (Å²) in [6.45, 7) is 0. The van der Waals surface area contributed by atoms with Crippen molar-refractivity contribution in [1.29, 1.82) is 5.26 Å². The molecule has 1 aromatic heterocycles.